The SMILES string of the molecule is c1ccc(-n2c(-c3ncc4c5ccccc5c5cc6ccccc6cc5c4n3)nc3ccccc32)cc1. The summed E-state index contributed by atoms with van der Waals surface area (Å²) in [5.74, 6) is 1.34. The van der Waals surface area contributed by atoms with E-state index in [9.17, 15) is 0 Å². The Balaban J connectivity index is 1.50. The van der Waals surface area contributed by atoms with E-state index >= 15 is 0 Å². The van der Waals surface area contributed by atoms with Crippen LogP contribution in [0.2, 0.25) is 0 Å². The molecular weight excluding hydrogens is 452 g/mol. The number of hydrogen-bond donors (Lipinski definition) is 0. The zero-order chi connectivity index (χ0) is 24.3. The minimum Gasteiger partial charge on any atom is -0.290 e. The van der Waals surface area contributed by atoms with Crippen molar-refractivity contribution in [2.45, 2.75) is 0 Å². The van der Waals surface area contributed by atoms with Crippen LogP contribution in [-0.4, -0.2) is 19.5 Å². The summed E-state index contributed by atoms with van der Waals surface area (Å²) in [5.41, 5.74) is 3.92. The van der Waals surface area contributed by atoms with Crippen molar-refractivity contribution in [2.24, 2.45) is 0 Å². The molecule has 0 unspecified atom stereocenters. The Kier molecular flexibility index (Phi) is 4.19. The molecule has 0 radical (unpaired) electrons. The molecule has 0 saturated heterocycles. The fraction of sp³-hybridized carbons (Fsp3) is 0. The third-order valence-corrected chi connectivity index (χ3v) is 7.21. The van der Waals surface area contributed by atoms with Crippen molar-refractivity contribution in [1.82, 2.24) is 19.5 Å². The molecule has 0 aliphatic carbocycles. The fourth-order valence-corrected chi connectivity index (χ4v) is 5.52. The fourth-order valence-electron chi connectivity index (χ4n) is 5.52. The van der Waals surface area contributed by atoms with Crippen molar-refractivity contribution in [3.8, 4) is 17.3 Å². The van der Waals surface area contributed by atoms with E-state index in [1.165, 1.54) is 21.5 Å². The van der Waals surface area contributed by atoms with E-state index in [0.717, 1.165) is 44.2 Å². The summed E-state index contributed by atoms with van der Waals surface area (Å²) in [4.78, 5) is 15.1. The number of aromatic nitrogens is 4. The van der Waals surface area contributed by atoms with Gasteiger partial charge in [-0.25, -0.2) is 15.0 Å². The van der Waals surface area contributed by atoms with Crippen LogP contribution in [0.3, 0.4) is 0 Å². The Morgan fingerprint density at radius 1 is 0.514 bits per heavy atom. The van der Waals surface area contributed by atoms with Gasteiger partial charge in [0.2, 0.25) is 0 Å². The summed E-state index contributed by atoms with van der Waals surface area (Å²) in [6.45, 7) is 0. The van der Waals surface area contributed by atoms with Gasteiger partial charge in [-0.05, 0) is 63.3 Å². The molecule has 4 nitrogen and oxygen atoms in total. The molecule has 2 heterocycles. The monoisotopic (exact) mass is 472 g/mol. The van der Waals surface area contributed by atoms with E-state index in [4.69, 9.17) is 15.0 Å². The molecule has 2 aromatic heterocycles. The predicted octanol–water partition coefficient (Wildman–Crippen LogP) is 8.10. The van der Waals surface area contributed by atoms with Gasteiger partial charge in [0.05, 0.1) is 16.6 Å². The van der Waals surface area contributed by atoms with Gasteiger partial charge in [-0.2, -0.15) is 0 Å². The number of rotatable bonds is 2. The predicted molar refractivity (Wildman–Crippen MR) is 152 cm³/mol. The first kappa shape index (κ1) is 20.1. The van der Waals surface area contributed by atoms with Crippen LogP contribution in [0.4, 0.5) is 0 Å². The van der Waals surface area contributed by atoms with Gasteiger partial charge in [-0.15, -0.1) is 0 Å². The van der Waals surface area contributed by atoms with Crippen molar-refractivity contribution in [2.75, 3.05) is 0 Å². The van der Waals surface area contributed by atoms with Crippen molar-refractivity contribution >= 4 is 54.3 Å². The zero-order valence-corrected chi connectivity index (χ0v) is 19.8. The maximum absolute atomic E-state index is 5.22. The number of imidazole rings is 1. The average Bonchev–Trinajstić information content (AvgIpc) is 3.36. The molecule has 0 fully saturated rings. The lowest BCUT2D eigenvalue weighted by Crippen LogP contribution is -2.01. The van der Waals surface area contributed by atoms with Crippen molar-refractivity contribution in [1.29, 1.82) is 0 Å². The Bertz CT molecular complexity index is 2140. The van der Waals surface area contributed by atoms with Crippen LogP contribution in [0.25, 0.3) is 71.6 Å². The Morgan fingerprint density at radius 2 is 1.16 bits per heavy atom. The topological polar surface area (TPSA) is 43.6 Å². The minimum atomic E-state index is 0.609. The molecule has 0 bridgehead atoms. The molecule has 6 aromatic carbocycles. The summed E-state index contributed by atoms with van der Waals surface area (Å²) in [5, 5.41) is 8.15. The molecule has 0 saturated carbocycles. The summed E-state index contributed by atoms with van der Waals surface area (Å²) in [7, 11) is 0. The van der Waals surface area contributed by atoms with Gasteiger partial charge in [-0.1, -0.05) is 78.9 Å². The molecular formula is C33H20N4. The van der Waals surface area contributed by atoms with Crippen molar-refractivity contribution in [3.05, 3.63) is 121 Å². The molecule has 0 spiro atoms. The van der Waals surface area contributed by atoms with Crippen LogP contribution < -0.4 is 0 Å². The Morgan fingerprint density at radius 3 is 1.97 bits per heavy atom. The smallest absolute Gasteiger partial charge is 0.196 e. The van der Waals surface area contributed by atoms with E-state index in [1.54, 1.807) is 0 Å². The van der Waals surface area contributed by atoms with E-state index in [1.807, 2.05) is 42.6 Å². The van der Waals surface area contributed by atoms with Crippen LogP contribution in [0.1, 0.15) is 0 Å². The highest BCUT2D eigenvalue weighted by molar-refractivity contribution is 6.26. The van der Waals surface area contributed by atoms with Crippen LogP contribution >= 0.6 is 0 Å². The number of hydrogen-bond acceptors (Lipinski definition) is 3. The lowest BCUT2D eigenvalue weighted by atomic mass is 9.95. The second-order valence-corrected chi connectivity index (χ2v) is 9.34. The van der Waals surface area contributed by atoms with Gasteiger partial charge in [-0.3, -0.25) is 4.57 Å². The maximum atomic E-state index is 5.22. The highest BCUT2D eigenvalue weighted by Crippen LogP contribution is 2.37. The van der Waals surface area contributed by atoms with Crippen molar-refractivity contribution < 1.29 is 0 Å². The van der Waals surface area contributed by atoms with E-state index in [2.05, 4.69) is 83.4 Å². The van der Waals surface area contributed by atoms with Gasteiger partial charge in [0.25, 0.3) is 0 Å². The normalized spacial score (nSPS) is 11.8. The van der Waals surface area contributed by atoms with Crippen LogP contribution in [-0.2, 0) is 0 Å². The molecule has 0 N–H and O–H groups in total. The summed E-state index contributed by atoms with van der Waals surface area (Å²) in [6.07, 6.45) is 1.96. The minimum absolute atomic E-state index is 0.609. The van der Waals surface area contributed by atoms with Gasteiger partial charge < -0.3 is 0 Å². The van der Waals surface area contributed by atoms with Crippen LogP contribution in [0, 0.1) is 0 Å². The molecule has 8 aromatic rings. The number of nitrogens with zero attached hydrogens (tertiary/aromatic N) is 4. The van der Waals surface area contributed by atoms with E-state index in [0.29, 0.717) is 5.82 Å². The van der Waals surface area contributed by atoms with Gasteiger partial charge in [0.15, 0.2) is 11.6 Å². The number of fused-ring (bicyclic) bond motifs is 8. The third kappa shape index (κ3) is 2.99. The Labute approximate surface area is 212 Å². The third-order valence-electron chi connectivity index (χ3n) is 7.21. The zero-order valence-electron chi connectivity index (χ0n) is 19.8. The molecule has 0 aliphatic heterocycles. The number of para-hydroxylation sites is 3. The summed E-state index contributed by atoms with van der Waals surface area (Å²) < 4.78 is 2.15. The molecule has 0 atom stereocenters. The molecule has 4 heteroatoms. The highest BCUT2D eigenvalue weighted by atomic mass is 15.1. The van der Waals surface area contributed by atoms with Crippen molar-refractivity contribution in [3.63, 3.8) is 0 Å². The second kappa shape index (κ2) is 7.70. The second-order valence-electron chi connectivity index (χ2n) is 9.34. The molecule has 0 amide bonds. The average molecular weight is 473 g/mol. The first-order valence-electron chi connectivity index (χ1n) is 12.4. The van der Waals surface area contributed by atoms with Crippen LogP contribution in [0.15, 0.2) is 121 Å². The molecule has 8 rings (SSSR count). The van der Waals surface area contributed by atoms with E-state index in [-0.39, 0.29) is 0 Å². The van der Waals surface area contributed by atoms with Gasteiger partial charge in [0, 0.05) is 22.7 Å². The Hall–Kier alpha value is -5.09. The van der Waals surface area contributed by atoms with Crippen LogP contribution in [0.5, 0.6) is 0 Å². The first-order chi connectivity index (χ1) is 18.3. The molecule has 37 heavy (non-hydrogen) atoms. The quantitative estimate of drug-likeness (QED) is 0.189. The van der Waals surface area contributed by atoms with Gasteiger partial charge >= 0.3 is 0 Å². The first-order valence-corrected chi connectivity index (χ1v) is 12.4. The summed E-state index contributed by atoms with van der Waals surface area (Å²) in [6, 6.07) is 40.0. The number of benzene rings is 6. The van der Waals surface area contributed by atoms with E-state index < -0.39 is 0 Å². The standard InChI is InChI=1S/C33H20N4/c1-2-12-23(13-3-1)37-30-17-9-8-16-29(30)35-33(37)32-34-20-28-25-15-7-6-14-24(25)26-18-21-10-4-5-11-22(21)19-27(26)31(28)36-32/h1-20H. The van der Waals surface area contributed by atoms with Gasteiger partial charge in [0.1, 0.15) is 0 Å². The largest absolute Gasteiger partial charge is 0.290 e. The highest BCUT2D eigenvalue weighted by Gasteiger charge is 2.18. The molecule has 0 aliphatic rings. The lowest BCUT2D eigenvalue weighted by molar-refractivity contribution is 1.06. The lowest BCUT2D eigenvalue weighted by Gasteiger charge is -2.13. The summed E-state index contributed by atoms with van der Waals surface area (Å²) >= 11 is 0. The molecule has 172 valence electrons. The maximum Gasteiger partial charge on any atom is 0.196 e.